The van der Waals surface area contributed by atoms with Crippen molar-refractivity contribution >= 4 is 55.3 Å². The number of nitrogens with two attached hydrogens (primary N) is 1. The van der Waals surface area contributed by atoms with E-state index < -0.39 is 32.3 Å². The Morgan fingerprint density at radius 2 is 1.97 bits per heavy atom. The lowest BCUT2D eigenvalue weighted by Crippen LogP contribution is -2.15. The van der Waals surface area contributed by atoms with Crippen LogP contribution < -0.4 is 11.1 Å². The third-order valence-electron chi connectivity index (χ3n) is 5.88. The Hall–Kier alpha value is -4.45. The van der Waals surface area contributed by atoms with Crippen molar-refractivity contribution in [2.75, 3.05) is 16.8 Å². The number of benzene rings is 2. The van der Waals surface area contributed by atoms with Crippen molar-refractivity contribution in [3.63, 3.8) is 0 Å². The van der Waals surface area contributed by atoms with Gasteiger partial charge in [0.05, 0.1) is 22.2 Å². The summed E-state index contributed by atoms with van der Waals surface area (Å²) >= 11 is 0. The molecule has 2 aromatic carbocycles. The fourth-order valence-electron chi connectivity index (χ4n) is 4.14. The first kappa shape index (κ1) is 24.3. The average Bonchev–Trinajstić information content (AvgIpc) is 3.44. The Kier molecular flexibility index (Phi) is 5.83. The molecule has 0 atom stereocenters. The van der Waals surface area contributed by atoms with Gasteiger partial charge < -0.3 is 25.1 Å². The van der Waals surface area contributed by atoms with Gasteiger partial charge in [-0.1, -0.05) is 6.07 Å². The second-order valence-electron chi connectivity index (χ2n) is 8.77. The van der Waals surface area contributed by atoms with Crippen LogP contribution in [0.2, 0.25) is 0 Å². The quantitative estimate of drug-likeness (QED) is 0.274. The summed E-state index contributed by atoms with van der Waals surface area (Å²) in [4.78, 5) is 19.3. The van der Waals surface area contributed by atoms with Gasteiger partial charge in [-0.2, -0.15) is 9.97 Å². The minimum absolute atomic E-state index is 0.0156. The van der Waals surface area contributed by atoms with Gasteiger partial charge in [0.1, 0.15) is 22.9 Å². The molecular weight excluding hydrogens is 501 g/mol. The van der Waals surface area contributed by atoms with Gasteiger partial charge in [0.25, 0.3) is 0 Å². The average molecular weight is 524 g/mol. The fraction of sp³-hybridized carbons (Fsp3) is 0.160. The number of nitrogens with zero attached hydrogens (tertiary/aromatic N) is 3. The second-order valence-corrected chi connectivity index (χ2v) is 10.8. The molecule has 5 rings (SSSR count). The maximum absolute atomic E-state index is 14.8. The summed E-state index contributed by atoms with van der Waals surface area (Å²) in [5.41, 5.74) is 9.30. The summed E-state index contributed by atoms with van der Waals surface area (Å²) in [5.74, 6) is -3.39. The Labute approximate surface area is 210 Å². The van der Waals surface area contributed by atoms with Gasteiger partial charge in [-0.05, 0) is 55.8 Å². The van der Waals surface area contributed by atoms with Gasteiger partial charge in [0.15, 0.2) is 15.6 Å². The van der Waals surface area contributed by atoms with E-state index in [1.54, 1.807) is 6.26 Å². The summed E-state index contributed by atoms with van der Waals surface area (Å²) in [7, 11) is -4.18. The lowest BCUT2D eigenvalue weighted by atomic mass is 10.0. The highest BCUT2D eigenvalue weighted by Crippen LogP contribution is 2.37. The van der Waals surface area contributed by atoms with Crippen LogP contribution >= 0.6 is 0 Å². The summed E-state index contributed by atoms with van der Waals surface area (Å²) in [5, 5.41) is 13.1. The van der Waals surface area contributed by atoms with Crippen LogP contribution in [0.4, 0.5) is 21.8 Å². The van der Waals surface area contributed by atoms with Crippen LogP contribution in [0.5, 0.6) is 0 Å². The maximum atomic E-state index is 14.8. The number of carboxylic acids is 1. The van der Waals surface area contributed by atoms with Crippen LogP contribution in [0.3, 0.4) is 0 Å². The Morgan fingerprint density at radius 1 is 1.19 bits per heavy atom. The first-order chi connectivity index (χ1) is 17.5. The third kappa shape index (κ3) is 4.47. The molecule has 0 aliphatic heterocycles. The molecule has 0 aliphatic rings. The third-order valence-corrected chi connectivity index (χ3v) is 7.48. The first-order valence-electron chi connectivity index (χ1n) is 11.2. The van der Waals surface area contributed by atoms with Crippen LogP contribution in [0.15, 0.2) is 64.2 Å². The zero-order valence-electron chi connectivity index (χ0n) is 19.8. The maximum Gasteiger partial charge on any atom is 0.319 e. The molecule has 0 fully saturated rings. The molecule has 0 unspecified atom stereocenters. The first-order valence-corrected chi connectivity index (χ1v) is 12.9. The van der Waals surface area contributed by atoms with Crippen LogP contribution in [0.1, 0.15) is 19.9 Å². The molecule has 4 N–H and O–H groups in total. The van der Waals surface area contributed by atoms with Gasteiger partial charge in [0, 0.05) is 23.2 Å². The summed E-state index contributed by atoms with van der Waals surface area (Å²) in [6.45, 7) is 3.98. The summed E-state index contributed by atoms with van der Waals surface area (Å²) in [6, 6.07) is 10.7. The molecule has 0 aliphatic carbocycles. The highest BCUT2D eigenvalue weighted by Gasteiger charge is 2.22. The second kappa shape index (κ2) is 8.89. The van der Waals surface area contributed by atoms with Crippen molar-refractivity contribution < 1.29 is 27.1 Å². The lowest BCUT2D eigenvalue weighted by molar-refractivity contribution is -0.134. The largest absolute Gasteiger partial charge is 0.480 e. The molecule has 3 heterocycles. The topological polar surface area (TPSA) is 153 Å². The zero-order chi connectivity index (χ0) is 26.5. The number of rotatable bonds is 7. The van der Waals surface area contributed by atoms with E-state index in [9.17, 15) is 17.6 Å². The van der Waals surface area contributed by atoms with Gasteiger partial charge in [-0.15, -0.1) is 0 Å². The van der Waals surface area contributed by atoms with Crippen molar-refractivity contribution in [2.45, 2.75) is 24.8 Å². The number of nitrogens with one attached hydrogen (secondary N) is 1. The number of halogens is 1. The number of hydrogen-bond donors (Lipinski definition) is 3. The number of aromatic nitrogens is 3. The molecule has 37 heavy (non-hydrogen) atoms. The van der Waals surface area contributed by atoms with Gasteiger partial charge in [-0.3, -0.25) is 4.79 Å². The van der Waals surface area contributed by atoms with Crippen molar-refractivity contribution in [2.24, 2.45) is 0 Å². The normalized spacial score (nSPS) is 12.0. The molecule has 10 nitrogen and oxygen atoms in total. The Bertz CT molecular complexity index is 1790. The minimum atomic E-state index is -4.18. The van der Waals surface area contributed by atoms with E-state index in [0.717, 1.165) is 34.2 Å². The van der Waals surface area contributed by atoms with Crippen molar-refractivity contribution in [1.29, 1.82) is 0 Å². The van der Waals surface area contributed by atoms with Crippen LogP contribution in [0, 0.1) is 5.82 Å². The predicted octanol–water partition coefficient (Wildman–Crippen LogP) is 4.75. The molecule has 190 valence electrons. The van der Waals surface area contributed by atoms with Crippen LogP contribution in [0.25, 0.3) is 33.1 Å². The van der Waals surface area contributed by atoms with E-state index in [1.165, 1.54) is 6.07 Å². The molecule has 0 spiro atoms. The smallest absolute Gasteiger partial charge is 0.319 e. The van der Waals surface area contributed by atoms with Crippen molar-refractivity contribution in [3.8, 4) is 11.1 Å². The molecular formula is C25H22FN5O5S. The number of hydrogen-bond acceptors (Lipinski definition) is 8. The summed E-state index contributed by atoms with van der Waals surface area (Å²) < 4.78 is 46.4. The number of sulfone groups is 1. The van der Waals surface area contributed by atoms with E-state index in [1.807, 2.05) is 48.9 Å². The van der Waals surface area contributed by atoms with Gasteiger partial charge in [0.2, 0.25) is 5.95 Å². The molecule has 0 saturated carbocycles. The van der Waals surface area contributed by atoms with E-state index >= 15 is 0 Å². The van der Waals surface area contributed by atoms with Gasteiger partial charge in [-0.25, -0.2) is 12.8 Å². The van der Waals surface area contributed by atoms with E-state index in [4.69, 9.17) is 15.3 Å². The van der Waals surface area contributed by atoms with E-state index in [-0.39, 0.29) is 23.5 Å². The van der Waals surface area contributed by atoms with E-state index in [2.05, 4.69) is 15.3 Å². The van der Waals surface area contributed by atoms with E-state index in [0.29, 0.717) is 11.0 Å². The molecule has 12 heteroatoms. The predicted molar refractivity (Wildman–Crippen MR) is 137 cm³/mol. The number of nitrogen functional groups attached to an aromatic ring is 1. The monoisotopic (exact) mass is 523 g/mol. The van der Waals surface area contributed by atoms with Crippen molar-refractivity contribution in [1.82, 2.24) is 14.5 Å². The molecule has 0 amide bonds. The number of anilines is 3. The zero-order valence-corrected chi connectivity index (χ0v) is 20.6. The molecule has 5 aromatic rings. The highest BCUT2D eigenvalue weighted by molar-refractivity contribution is 7.92. The number of carbonyl (C=O) groups is 1. The summed E-state index contributed by atoms with van der Waals surface area (Å²) in [6.07, 6.45) is 3.56. The highest BCUT2D eigenvalue weighted by atomic mass is 32.2. The van der Waals surface area contributed by atoms with Crippen molar-refractivity contribution in [3.05, 3.63) is 60.7 Å². The number of carboxylic acid groups (broad SMARTS) is 1. The Morgan fingerprint density at radius 3 is 2.68 bits per heavy atom. The number of furan rings is 1. The van der Waals surface area contributed by atoms with Crippen LogP contribution in [-0.4, -0.2) is 39.8 Å². The number of aliphatic carboxylic acids is 1. The molecule has 3 aromatic heterocycles. The van der Waals surface area contributed by atoms with Crippen LogP contribution in [-0.2, 0) is 14.6 Å². The minimum Gasteiger partial charge on any atom is -0.480 e. The lowest BCUT2D eigenvalue weighted by Gasteiger charge is -2.12. The van der Waals surface area contributed by atoms with Gasteiger partial charge >= 0.3 is 5.97 Å². The standard InChI is InChI=1S/C25H22FN5O5S/c1-13(2)31-11-17(14-3-6-20-15(9-14)7-8-36-20)22-23(27)29-25(30-24(22)31)28-19-5-4-16(10-18(19)26)37(34,35)12-21(32)33/h3-11,13H,12H2,1-2H3,(H,32,33)(H3,27,28,29,30). The molecule has 0 saturated heterocycles. The number of fused-ring (bicyclic) bond motifs is 2. The SMILES string of the molecule is CC(C)n1cc(-c2ccc3occc3c2)c2c(N)nc(Nc3ccc(S(=O)(=O)CC(=O)O)cc3F)nc21. The fourth-order valence-corrected chi connectivity index (χ4v) is 5.19. The molecule has 0 radical (unpaired) electrons. The Balaban J connectivity index is 1.56. The molecule has 0 bridgehead atoms.